The van der Waals surface area contributed by atoms with Crippen LogP contribution in [0.2, 0.25) is 0 Å². The molecule has 1 saturated heterocycles. The maximum absolute atomic E-state index is 8.92. The smallest absolute Gasteiger partial charge is 0.194 e. The highest BCUT2D eigenvalue weighted by molar-refractivity contribution is 5.15. The summed E-state index contributed by atoms with van der Waals surface area (Å²) in [5, 5.41) is 8.92. The first-order chi connectivity index (χ1) is 6.74. The van der Waals surface area contributed by atoms with E-state index in [2.05, 4.69) is 4.98 Å². The normalized spacial score (nSPS) is 32.0. The lowest BCUT2D eigenvalue weighted by Gasteiger charge is -2.22. The van der Waals surface area contributed by atoms with Gasteiger partial charge >= 0.3 is 0 Å². The maximum Gasteiger partial charge on any atom is 0.194 e. The van der Waals surface area contributed by atoms with Crippen molar-refractivity contribution in [2.24, 2.45) is 0 Å². The number of aromatic nitrogens is 1. The molecular weight excluding hydrogens is 182 g/mol. The zero-order valence-electron chi connectivity index (χ0n) is 8.01. The Bertz CT molecular complexity index is 303. The molecular formula is C10H13NO3. The second kappa shape index (κ2) is 3.65. The van der Waals surface area contributed by atoms with E-state index in [1.807, 2.05) is 19.1 Å². The Morgan fingerprint density at radius 1 is 1.71 bits per heavy atom. The van der Waals surface area contributed by atoms with Gasteiger partial charge in [0.05, 0.1) is 13.2 Å². The lowest BCUT2D eigenvalue weighted by molar-refractivity contribution is -0.165. The molecule has 2 rings (SSSR count). The van der Waals surface area contributed by atoms with Gasteiger partial charge in [0, 0.05) is 18.0 Å². The van der Waals surface area contributed by atoms with Gasteiger partial charge in [-0.3, -0.25) is 4.98 Å². The van der Waals surface area contributed by atoms with Gasteiger partial charge in [0.2, 0.25) is 0 Å². The van der Waals surface area contributed by atoms with E-state index in [0.717, 1.165) is 5.56 Å². The second-order valence-corrected chi connectivity index (χ2v) is 3.42. The molecule has 14 heavy (non-hydrogen) atoms. The van der Waals surface area contributed by atoms with E-state index in [-0.39, 0.29) is 12.7 Å². The van der Waals surface area contributed by atoms with Crippen LogP contribution >= 0.6 is 0 Å². The Morgan fingerprint density at radius 2 is 2.57 bits per heavy atom. The SMILES string of the molecule is CC1(c2cccnc2)OCC(CO)O1. The summed E-state index contributed by atoms with van der Waals surface area (Å²) in [5.74, 6) is -0.762. The fraction of sp³-hybridized carbons (Fsp3) is 0.500. The lowest BCUT2D eigenvalue weighted by atomic mass is 10.1. The number of aliphatic hydroxyl groups is 1. The largest absolute Gasteiger partial charge is 0.394 e. The fourth-order valence-electron chi connectivity index (χ4n) is 1.51. The van der Waals surface area contributed by atoms with Crippen LogP contribution in [0.15, 0.2) is 24.5 Å². The molecule has 0 saturated carbocycles. The summed E-state index contributed by atoms with van der Waals surface area (Å²) >= 11 is 0. The van der Waals surface area contributed by atoms with E-state index < -0.39 is 5.79 Å². The van der Waals surface area contributed by atoms with Gasteiger partial charge in [-0.1, -0.05) is 6.07 Å². The fourth-order valence-corrected chi connectivity index (χ4v) is 1.51. The summed E-state index contributed by atoms with van der Waals surface area (Å²) in [6.07, 6.45) is 3.17. The van der Waals surface area contributed by atoms with Gasteiger partial charge in [0.25, 0.3) is 0 Å². The molecule has 0 aromatic carbocycles. The van der Waals surface area contributed by atoms with Crippen LogP contribution in [-0.4, -0.2) is 29.4 Å². The number of pyridine rings is 1. The first-order valence-electron chi connectivity index (χ1n) is 4.58. The summed E-state index contributed by atoms with van der Waals surface area (Å²) < 4.78 is 11.1. The molecule has 0 spiro atoms. The summed E-state index contributed by atoms with van der Waals surface area (Å²) in [4.78, 5) is 4.00. The summed E-state index contributed by atoms with van der Waals surface area (Å²) in [6, 6.07) is 3.73. The molecule has 1 aliphatic heterocycles. The zero-order valence-corrected chi connectivity index (χ0v) is 8.01. The lowest BCUT2D eigenvalue weighted by Crippen LogP contribution is -2.25. The van der Waals surface area contributed by atoms with Crippen molar-refractivity contribution in [3.8, 4) is 0 Å². The third-order valence-electron chi connectivity index (χ3n) is 2.33. The van der Waals surface area contributed by atoms with Gasteiger partial charge in [0.1, 0.15) is 6.10 Å². The Labute approximate surface area is 82.5 Å². The van der Waals surface area contributed by atoms with Crippen molar-refractivity contribution in [2.45, 2.75) is 18.8 Å². The highest BCUT2D eigenvalue weighted by atomic mass is 16.7. The molecule has 1 aromatic heterocycles. The monoisotopic (exact) mass is 195 g/mol. The van der Waals surface area contributed by atoms with Crippen LogP contribution in [0.25, 0.3) is 0 Å². The van der Waals surface area contributed by atoms with E-state index >= 15 is 0 Å². The van der Waals surface area contributed by atoms with E-state index in [4.69, 9.17) is 14.6 Å². The molecule has 2 unspecified atom stereocenters. The van der Waals surface area contributed by atoms with E-state index in [1.54, 1.807) is 12.4 Å². The molecule has 4 nitrogen and oxygen atoms in total. The minimum Gasteiger partial charge on any atom is -0.394 e. The Balaban J connectivity index is 2.19. The van der Waals surface area contributed by atoms with Gasteiger partial charge in [0.15, 0.2) is 5.79 Å². The number of rotatable bonds is 2. The van der Waals surface area contributed by atoms with Gasteiger partial charge in [-0.15, -0.1) is 0 Å². The number of aliphatic hydroxyl groups excluding tert-OH is 1. The molecule has 0 aliphatic carbocycles. The predicted molar refractivity (Wildman–Crippen MR) is 49.5 cm³/mol. The maximum atomic E-state index is 8.92. The molecule has 1 fully saturated rings. The van der Waals surface area contributed by atoms with Crippen molar-refractivity contribution >= 4 is 0 Å². The van der Waals surface area contributed by atoms with Crippen LogP contribution in [0.3, 0.4) is 0 Å². The quantitative estimate of drug-likeness (QED) is 0.753. The molecule has 1 N–H and O–H groups in total. The molecule has 4 heteroatoms. The third-order valence-corrected chi connectivity index (χ3v) is 2.33. The van der Waals surface area contributed by atoms with E-state index in [0.29, 0.717) is 6.61 Å². The first kappa shape index (κ1) is 9.58. The van der Waals surface area contributed by atoms with Crippen LogP contribution in [0.5, 0.6) is 0 Å². The molecule has 2 atom stereocenters. The first-order valence-corrected chi connectivity index (χ1v) is 4.58. The Hall–Kier alpha value is -0.970. The minimum absolute atomic E-state index is 0.0180. The number of hydrogen-bond donors (Lipinski definition) is 1. The summed E-state index contributed by atoms with van der Waals surface area (Å²) in [5.41, 5.74) is 0.871. The molecule has 2 heterocycles. The predicted octanol–water partition coefficient (Wildman–Crippen LogP) is 0.662. The van der Waals surface area contributed by atoms with Crippen LogP contribution in [0, 0.1) is 0 Å². The Kier molecular flexibility index (Phi) is 2.50. The molecule has 0 radical (unpaired) electrons. The molecule has 1 aliphatic rings. The number of nitrogens with zero attached hydrogens (tertiary/aromatic N) is 1. The van der Waals surface area contributed by atoms with Crippen molar-refractivity contribution < 1.29 is 14.6 Å². The standard InChI is InChI=1S/C10H13NO3/c1-10(8-3-2-4-11-5-8)13-7-9(6-12)14-10/h2-5,9,12H,6-7H2,1H3. The van der Waals surface area contributed by atoms with Crippen LogP contribution in [0.4, 0.5) is 0 Å². The van der Waals surface area contributed by atoms with Gasteiger partial charge in [-0.25, -0.2) is 0 Å². The van der Waals surface area contributed by atoms with E-state index in [1.165, 1.54) is 0 Å². The molecule has 0 amide bonds. The zero-order chi connectivity index (χ0) is 10.0. The highest BCUT2D eigenvalue weighted by Crippen LogP contribution is 2.32. The van der Waals surface area contributed by atoms with Gasteiger partial charge < -0.3 is 14.6 Å². The third kappa shape index (κ3) is 1.64. The van der Waals surface area contributed by atoms with Gasteiger partial charge in [-0.2, -0.15) is 0 Å². The van der Waals surface area contributed by atoms with Crippen molar-refractivity contribution in [3.63, 3.8) is 0 Å². The highest BCUT2D eigenvalue weighted by Gasteiger charge is 2.38. The Morgan fingerprint density at radius 3 is 3.14 bits per heavy atom. The molecule has 1 aromatic rings. The van der Waals surface area contributed by atoms with Gasteiger partial charge in [-0.05, 0) is 13.0 Å². The molecule has 0 bridgehead atoms. The van der Waals surface area contributed by atoms with Crippen molar-refractivity contribution in [1.29, 1.82) is 0 Å². The molecule has 76 valence electrons. The summed E-state index contributed by atoms with van der Waals surface area (Å²) in [6.45, 7) is 2.23. The topological polar surface area (TPSA) is 51.6 Å². The second-order valence-electron chi connectivity index (χ2n) is 3.42. The van der Waals surface area contributed by atoms with Crippen molar-refractivity contribution in [2.75, 3.05) is 13.2 Å². The summed E-state index contributed by atoms with van der Waals surface area (Å²) in [7, 11) is 0. The van der Waals surface area contributed by atoms with E-state index in [9.17, 15) is 0 Å². The minimum atomic E-state index is -0.762. The van der Waals surface area contributed by atoms with Crippen molar-refractivity contribution in [1.82, 2.24) is 4.98 Å². The van der Waals surface area contributed by atoms with Crippen LogP contribution < -0.4 is 0 Å². The van der Waals surface area contributed by atoms with Crippen molar-refractivity contribution in [3.05, 3.63) is 30.1 Å². The number of hydrogen-bond acceptors (Lipinski definition) is 4. The van der Waals surface area contributed by atoms with Crippen LogP contribution in [-0.2, 0) is 15.3 Å². The van der Waals surface area contributed by atoms with Crippen LogP contribution in [0.1, 0.15) is 12.5 Å². The average molecular weight is 195 g/mol. The number of ether oxygens (including phenoxy) is 2. The average Bonchev–Trinajstić information content (AvgIpc) is 2.63.